The molecule has 5 rings (SSSR count). The highest BCUT2D eigenvalue weighted by atomic mass is 16.7. The van der Waals surface area contributed by atoms with Crippen LogP contribution in [-0.2, 0) is 13.6 Å². The number of rotatable bonds is 3. The number of piperazine rings is 1. The number of benzene rings is 1. The van der Waals surface area contributed by atoms with Gasteiger partial charge in [0.25, 0.3) is 5.56 Å². The molecule has 10 nitrogen and oxygen atoms in total. The molecule has 0 aliphatic carbocycles. The third-order valence-corrected chi connectivity index (χ3v) is 5.55. The van der Waals surface area contributed by atoms with Gasteiger partial charge in [0.1, 0.15) is 0 Å². The van der Waals surface area contributed by atoms with Crippen molar-refractivity contribution in [1.82, 2.24) is 24.0 Å². The largest absolute Gasteiger partial charge is 0.454 e. The summed E-state index contributed by atoms with van der Waals surface area (Å²) < 4.78 is 15.2. The third-order valence-electron chi connectivity index (χ3n) is 5.55. The van der Waals surface area contributed by atoms with Crippen LogP contribution in [0.3, 0.4) is 0 Å². The summed E-state index contributed by atoms with van der Waals surface area (Å²) in [6, 6.07) is 5.23. The molecule has 0 unspecified atom stereocenters. The Bertz CT molecular complexity index is 1350. The van der Waals surface area contributed by atoms with Crippen molar-refractivity contribution in [1.29, 1.82) is 0 Å². The normalized spacial score (nSPS) is 15.2. The maximum absolute atomic E-state index is 13.2. The Morgan fingerprint density at radius 3 is 2.71 bits per heavy atom. The van der Waals surface area contributed by atoms with Crippen molar-refractivity contribution in [2.45, 2.75) is 13.5 Å². The van der Waals surface area contributed by atoms with Crippen LogP contribution in [0.2, 0.25) is 0 Å². The molecule has 0 radical (unpaired) electrons. The van der Waals surface area contributed by atoms with Crippen molar-refractivity contribution in [3.05, 3.63) is 39.0 Å². The van der Waals surface area contributed by atoms with Crippen molar-refractivity contribution in [2.24, 2.45) is 7.05 Å². The van der Waals surface area contributed by atoms with Gasteiger partial charge >= 0.3 is 5.69 Å². The highest BCUT2D eigenvalue weighted by Gasteiger charge is 2.25. The summed E-state index contributed by atoms with van der Waals surface area (Å²) in [6.45, 7) is 5.32. The molecule has 2 aromatic heterocycles. The third kappa shape index (κ3) is 3.05. The molecule has 1 aromatic carbocycles. The number of nitrogens with zero attached hydrogens (tertiary/aromatic N) is 5. The first-order valence-corrected chi connectivity index (χ1v) is 10.1. The van der Waals surface area contributed by atoms with Gasteiger partial charge in [0.05, 0.1) is 12.2 Å². The average molecular weight is 422 g/mol. The number of fused-ring (bicyclic) bond motifs is 2. The number of imidazole rings is 1. The molecule has 1 fully saturated rings. The molecule has 1 saturated heterocycles. The molecule has 1 N–H and O–H groups in total. The standard InChI is InChI=1S/C21H22N6O4/c1-3-4-9-26-17-18(23-20(26)25-10-7-22-8-11-25)27(21(29)24(2)19(17)28)14-5-6-15-16(12-14)31-13-30-15/h5-6,12,22H,7-11,13H2,1-2H3. The van der Waals surface area contributed by atoms with Crippen LogP contribution in [0.1, 0.15) is 6.92 Å². The van der Waals surface area contributed by atoms with E-state index in [1.807, 2.05) is 4.57 Å². The molecule has 4 heterocycles. The van der Waals surface area contributed by atoms with Gasteiger partial charge in [-0.2, -0.15) is 4.98 Å². The van der Waals surface area contributed by atoms with E-state index in [4.69, 9.17) is 14.5 Å². The van der Waals surface area contributed by atoms with E-state index in [9.17, 15) is 9.59 Å². The Kier molecular flexibility index (Phi) is 4.67. The van der Waals surface area contributed by atoms with Gasteiger partial charge in [-0.15, -0.1) is 5.92 Å². The minimum absolute atomic E-state index is 0.133. The van der Waals surface area contributed by atoms with Gasteiger partial charge in [-0.1, -0.05) is 5.92 Å². The Morgan fingerprint density at radius 1 is 1.16 bits per heavy atom. The van der Waals surface area contributed by atoms with Crippen molar-refractivity contribution >= 4 is 17.1 Å². The van der Waals surface area contributed by atoms with Crippen LogP contribution in [0.25, 0.3) is 16.9 Å². The van der Waals surface area contributed by atoms with Gasteiger partial charge < -0.3 is 19.7 Å². The molecule has 2 aliphatic heterocycles. The average Bonchev–Trinajstić information content (AvgIpc) is 3.41. The van der Waals surface area contributed by atoms with Gasteiger partial charge in [0, 0.05) is 39.3 Å². The summed E-state index contributed by atoms with van der Waals surface area (Å²) in [5.41, 5.74) is 0.320. The fourth-order valence-corrected chi connectivity index (χ4v) is 3.95. The van der Waals surface area contributed by atoms with E-state index in [2.05, 4.69) is 22.1 Å². The minimum atomic E-state index is -0.477. The summed E-state index contributed by atoms with van der Waals surface area (Å²) in [6.07, 6.45) is 0. The zero-order valence-electron chi connectivity index (χ0n) is 17.3. The lowest BCUT2D eigenvalue weighted by atomic mass is 10.2. The second-order valence-corrected chi connectivity index (χ2v) is 7.35. The number of hydrogen-bond donors (Lipinski definition) is 1. The lowest BCUT2D eigenvalue weighted by Crippen LogP contribution is -2.44. The van der Waals surface area contributed by atoms with Gasteiger partial charge in [-0.25, -0.2) is 9.36 Å². The Morgan fingerprint density at radius 2 is 1.94 bits per heavy atom. The van der Waals surface area contributed by atoms with Gasteiger partial charge in [-0.3, -0.25) is 13.9 Å². The number of ether oxygens (including phenoxy) is 2. The van der Waals surface area contributed by atoms with Crippen LogP contribution in [-0.4, -0.2) is 51.7 Å². The first-order chi connectivity index (χ1) is 15.1. The molecule has 0 amide bonds. The SMILES string of the molecule is CC#CCn1c(N2CCNCC2)nc2c1c(=O)n(C)c(=O)n2-c1ccc2c(c1)OCO2. The van der Waals surface area contributed by atoms with Crippen LogP contribution >= 0.6 is 0 Å². The molecule has 160 valence electrons. The maximum Gasteiger partial charge on any atom is 0.337 e. The quantitative estimate of drug-likeness (QED) is 0.596. The molecule has 0 saturated carbocycles. The van der Waals surface area contributed by atoms with E-state index in [-0.39, 0.29) is 6.79 Å². The van der Waals surface area contributed by atoms with Crippen molar-refractivity contribution in [2.75, 3.05) is 37.9 Å². The highest BCUT2D eigenvalue weighted by molar-refractivity contribution is 5.77. The van der Waals surface area contributed by atoms with Crippen LogP contribution < -0.4 is 30.9 Å². The van der Waals surface area contributed by atoms with Crippen molar-refractivity contribution in [3.8, 4) is 29.0 Å². The monoisotopic (exact) mass is 422 g/mol. The lowest BCUT2D eigenvalue weighted by molar-refractivity contribution is 0.174. The molecule has 2 aliphatic rings. The van der Waals surface area contributed by atoms with E-state index >= 15 is 0 Å². The maximum atomic E-state index is 13.2. The van der Waals surface area contributed by atoms with E-state index in [0.29, 0.717) is 40.8 Å². The fraction of sp³-hybridized carbons (Fsp3) is 0.381. The number of anilines is 1. The zero-order valence-corrected chi connectivity index (χ0v) is 17.3. The van der Waals surface area contributed by atoms with Gasteiger partial charge in [0.15, 0.2) is 22.7 Å². The summed E-state index contributed by atoms with van der Waals surface area (Å²) in [5.74, 6) is 7.71. The van der Waals surface area contributed by atoms with Gasteiger partial charge in [-0.05, 0) is 19.1 Å². The van der Waals surface area contributed by atoms with Gasteiger partial charge in [0.2, 0.25) is 12.7 Å². The molecule has 10 heteroatoms. The summed E-state index contributed by atoms with van der Waals surface area (Å²) >= 11 is 0. The van der Waals surface area contributed by atoms with Crippen molar-refractivity contribution in [3.63, 3.8) is 0 Å². The second kappa shape index (κ2) is 7.52. The van der Waals surface area contributed by atoms with Crippen LogP contribution in [0.4, 0.5) is 5.95 Å². The topological polar surface area (TPSA) is 95.6 Å². The van der Waals surface area contributed by atoms with E-state index < -0.39 is 11.2 Å². The first kappa shape index (κ1) is 19.3. The summed E-state index contributed by atoms with van der Waals surface area (Å²) in [5, 5.41) is 3.32. The van der Waals surface area contributed by atoms with Crippen molar-refractivity contribution < 1.29 is 9.47 Å². The molecule has 0 spiro atoms. The van der Waals surface area contributed by atoms with E-state index in [1.165, 1.54) is 11.6 Å². The van der Waals surface area contributed by atoms with Crippen LogP contribution in [0, 0.1) is 11.8 Å². The fourth-order valence-electron chi connectivity index (χ4n) is 3.95. The molecule has 31 heavy (non-hydrogen) atoms. The number of nitrogens with one attached hydrogen (secondary N) is 1. The Labute approximate surface area is 177 Å². The molecule has 3 aromatic rings. The number of aromatic nitrogens is 4. The smallest absolute Gasteiger partial charge is 0.337 e. The Balaban J connectivity index is 1.81. The summed E-state index contributed by atoms with van der Waals surface area (Å²) in [7, 11) is 1.47. The van der Waals surface area contributed by atoms with Crippen LogP contribution in [0.15, 0.2) is 27.8 Å². The molecule has 0 bridgehead atoms. The lowest BCUT2D eigenvalue weighted by Gasteiger charge is -2.28. The second-order valence-electron chi connectivity index (χ2n) is 7.35. The Hall–Kier alpha value is -3.71. The summed E-state index contributed by atoms with van der Waals surface area (Å²) in [4.78, 5) is 33.2. The number of hydrogen-bond acceptors (Lipinski definition) is 7. The van der Waals surface area contributed by atoms with Crippen LogP contribution in [0.5, 0.6) is 11.5 Å². The zero-order chi connectivity index (χ0) is 21.5. The predicted octanol–water partition coefficient (Wildman–Crippen LogP) is 0.0475. The minimum Gasteiger partial charge on any atom is -0.454 e. The predicted molar refractivity (Wildman–Crippen MR) is 115 cm³/mol. The molecular weight excluding hydrogens is 400 g/mol. The molecular formula is C21H22N6O4. The highest BCUT2D eigenvalue weighted by Crippen LogP contribution is 2.34. The van der Waals surface area contributed by atoms with E-state index in [1.54, 1.807) is 25.1 Å². The first-order valence-electron chi connectivity index (χ1n) is 10.1. The molecule has 0 atom stereocenters. The van der Waals surface area contributed by atoms with E-state index in [0.717, 1.165) is 30.7 Å².